The quantitative estimate of drug-likeness (QED) is 0.880. The number of ether oxygens (including phenoxy) is 1. The molecule has 0 atom stereocenters. The maximum absolute atomic E-state index is 11.8. The number of amides is 1. The van der Waals surface area contributed by atoms with E-state index in [1.54, 1.807) is 0 Å². The van der Waals surface area contributed by atoms with E-state index in [1.165, 1.54) is 31.4 Å². The van der Waals surface area contributed by atoms with Gasteiger partial charge in [0.25, 0.3) is 5.91 Å². The second-order valence-electron chi connectivity index (χ2n) is 4.89. The summed E-state index contributed by atoms with van der Waals surface area (Å²) in [7, 11) is 0. The zero-order valence-electron chi connectivity index (χ0n) is 10.9. The Bertz CT molecular complexity index is 464. The Morgan fingerprint density at radius 2 is 1.75 bits per heavy atom. The minimum Gasteiger partial charge on any atom is -0.481 e. The van der Waals surface area contributed by atoms with Crippen LogP contribution in [0.25, 0.3) is 0 Å². The zero-order valence-corrected chi connectivity index (χ0v) is 13.2. The largest absolute Gasteiger partial charge is 0.481 e. The van der Waals surface area contributed by atoms with Gasteiger partial charge in [-0.25, -0.2) is 0 Å². The molecule has 2 rings (SSSR count). The highest BCUT2D eigenvalue weighted by molar-refractivity contribution is 6.40. The molecule has 0 saturated heterocycles. The molecule has 110 valence electrons. The molecule has 1 amide bonds. The Hall–Kier alpha value is -0.640. The van der Waals surface area contributed by atoms with E-state index in [4.69, 9.17) is 39.5 Å². The third kappa shape index (κ3) is 4.44. The number of nitrogens with one attached hydrogen (secondary N) is 1. The number of benzene rings is 1. The van der Waals surface area contributed by atoms with Crippen LogP contribution in [0.2, 0.25) is 15.1 Å². The first-order chi connectivity index (χ1) is 9.56. The lowest BCUT2D eigenvalue weighted by atomic mass is 9.95. The van der Waals surface area contributed by atoms with Crippen molar-refractivity contribution in [2.24, 2.45) is 0 Å². The normalized spacial score (nSPS) is 15.9. The summed E-state index contributed by atoms with van der Waals surface area (Å²) in [5.41, 5.74) is 0. The van der Waals surface area contributed by atoms with Gasteiger partial charge in [0.15, 0.2) is 12.4 Å². The molecule has 20 heavy (non-hydrogen) atoms. The van der Waals surface area contributed by atoms with Gasteiger partial charge in [0.1, 0.15) is 0 Å². The molecule has 1 aliphatic carbocycles. The summed E-state index contributed by atoms with van der Waals surface area (Å²) in [6, 6.07) is 3.32. The first-order valence-electron chi connectivity index (χ1n) is 6.63. The van der Waals surface area contributed by atoms with Crippen LogP contribution in [0, 0.1) is 0 Å². The molecule has 1 aromatic rings. The molecule has 3 nitrogen and oxygen atoms in total. The van der Waals surface area contributed by atoms with E-state index in [1.807, 2.05) is 0 Å². The first kappa shape index (κ1) is 15.7. The number of rotatable bonds is 4. The average Bonchev–Trinajstić information content (AvgIpc) is 2.38. The molecule has 0 radical (unpaired) electrons. The number of hydrogen-bond acceptors (Lipinski definition) is 2. The minimum absolute atomic E-state index is 0.0996. The average molecular weight is 337 g/mol. The van der Waals surface area contributed by atoms with Crippen molar-refractivity contribution in [3.63, 3.8) is 0 Å². The van der Waals surface area contributed by atoms with Gasteiger partial charge in [-0.2, -0.15) is 0 Å². The van der Waals surface area contributed by atoms with Crippen LogP contribution in [0.1, 0.15) is 32.1 Å². The van der Waals surface area contributed by atoms with Crippen molar-refractivity contribution in [3.8, 4) is 5.75 Å². The molecule has 1 aliphatic rings. The van der Waals surface area contributed by atoms with Crippen molar-refractivity contribution in [2.75, 3.05) is 6.61 Å². The van der Waals surface area contributed by atoms with E-state index in [-0.39, 0.29) is 24.3 Å². The van der Waals surface area contributed by atoms with E-state index < -0.39 is 0 Å². The van der Waals surface area contributed by atoms with Crippen LogP contribution in [0.5, 0.6) is 5.75 Å². The van der Waals surface area contributed by atoms with E-state index in [2.05, 4.69) is 5.32 Å². The van der Waals surface area contributed by atoms with Gasteiger partial charge in [-0.1, -0.05) is 54.1 Å². The smallest absolute Gasteiger partial charge is 0.258 e. The molecule has 1 aromatic carbocycles. The first-order valence-corrected chi connectivity index (χ1v) is 7.76. The highest BCUT2D eigenvalue weighted by atomic mass is 35.5. The number of carbonyl (C=O) groups is 1. The van der Waals surface area contributed by atoms with Crippen molar-refractivity contribution in [3.05, 3.63) is 27.2 Å². The van der Waals surface area contributed by atoms with Crippen LogP contribution in [-0.2, 0) is 4.79 Å². The van der Waals surface area contributed by atoms with Gasteiger partial charge in [-0.05, 0) is 25.0 Å². The molecule has 1 saturated carbocycles. The lowest BCUT2D eigenvalue weighted by Crippen LogP contribution is -2.39. The third-order valence-electron chi connectivity index (χ3n) is 3.28. The monoisotopic (exact) mass is 335 g/mol. The summed E-state index contributed by atoms with van der Waals surface area (Å²) in [4.78, 5) is 11.8. The van der Waals surface area contributed by atoms with E-state index in [0.717, 1.165) is 12.8 Å². The zero-order chi connectivity index (χ0) is 14.5. The molecular weight excluding hydrogens is 321 g/mol. The maximum atomic E-state index is 11.8. The second kappa shape index (κ2) is 7.39. The Kier molecular flexibility index (Phi) is 5.82. The van der Waals surface area contributed by atoms with Gasteiger partial charge in [-0.15, -0.1) is 0 Å². The summed E-state index contributed by atoms with van der Waals surface area (Å²) in [6.45, 7) is -0.0996. The van der Waals surface area contributed by atoms with Crippen molar-refractivity contribution in [1.29, 1.82) is 0 Å². The van der Waals surface area contributed by atoms with Crippen molar-refractivity contribution < 1.29 is 9.53 Å². The fraction of sp³-hybridized carbons (Fsp3) is 0.500. The standard InChI is InChI=1S/C14H16Cl3NO2/c15-9-6-11(16)14(12(17)7-9)20-8-13(19)18-10-4-2-1-3-5-10/h6-7,10H,1-5,8H2,(H,18,19). The van der Waals surface area contributed by atoms with Gasteiger partial charge >= 0.3 is 0 Å². The Labute approximate surface area is 133 Å². The third-order valence-corrected chi connectivity index (χ3v) is 4.06. The molecule has 1 N–H and O–H groups in total. The van der Waals surface area contributed by atoms with E-state index in [9.17, 15) is 4.79 Å². The van der Waals surface area contributed by atoms with Crippen molar-refractivity contribution >= 4 is 40.7 Å². The maximum Gasteiger partial charge on any atom is 0.258 e. The van der Waals surface area contributed by atoms with Crippen LogP contribution < -0.4 is 10.1 Å². The number of carbonyl (C=O) groups excluding carboxylic acids is 1. The number of halogens is 3. The van der Waals surface area contributed by atoms with Crippen LogP contribution >= 0.6 is 34.8 Å². The molecule has 1 fully saturated rings. The Morgan fingerprint density at radius 3 is 2.35 bits per heavy atom. The molecule has 0 aliphatic heterocycles. The highest BCUT2D eigenvalue weighted by Crippen LogP contribution is 2.35. The predicted molar refractivity (Wildman–Crippen MR) is 82.0 cm³/mol. The van der Waals surface area contributed by atoms with Gasteiger partial charge < -0.3 is 10.1 Å². The Morgan fingerprint density at radius 1 is 1.15 bits per heavy atom. The molecule has 0 unspecified atom stereocenters. The molecule has 0 spiro atoms. The summed E-state index contributed by atoms with van der Waals surface area (Å²) >= 11 is 17.8. The molecule has 0 aromatic heterocycles. The second-order valence-corrected chi connectivity index (χ2v) is 6.14. The molecule has 0 bridgehead atoms. The minimum atomic E-state index is -0.154. The summed E-state index contributed by atoms with van der Waals surface area (Å²) in [5.74, 6) is 0.135. The summed E-state index contributed by atoms with van der Waals surface area (Å²) < 4.78 is 5.39. The van der Waals surface area contributed by atoms with Crippen molar-refractivity contribution in [2.45, 2.75) is 38.1 Å². The fourth-order valence-electron chi connectivity index (χ4n) is 2.32. The molecular formula is C14H16Cl3NO2. The molecule has 6 heteroatoms. The SMILES string of the molecule is O=C(COc1c(Cl)cc(Cl)cc1Cl)NC1CCCCC1. The summed E-state index contributed by atoms with van der Waals surface area (Å²) in [6.07, 6.45) is 5.66. The van der Waals surface area contributed by atoms with Crippen LogP contribution in [0.15, 0.2) is 12.1 Å². The highest BCUT2D eigenvalue weighted by Gasteiger charge is 2.17. The van der Waals surface area contributed by atoms with Crippen LogP contribution in [-0.4, -0.2) is 18.6 Å². The predicted octanol–water partition coefficient (Wildman–Crippen LogP) is 4.47. The van der Waals surface area contributed by atoms with Gasteiger partial charge in [0.05, 0.1) is 10.0 Å². The van der Waals surface area contributed by atoms with Crippen LogP contribution in [0.4, 0.5) is 0 Å². The van der Waals surface area contributed by atoms with Gasteiger partial charge in [0, 0.05) is 11.1 Å². The molecule has 0 heterocycles. The Balaban J connectivity index is 1.87. The summed E-state index contributed by atoms with van der Waals surface area (Å²) in [5, 5.41) is 3.99. The number of hydrogen-bond donors (Lipinski definition) is 1. The fourth-order valence-corrected chi connectivity index (χ4v) is 3.25. The van der Waals surface area contributed by atoms with Gasteiger partial charge in [0.2, 0.25) is 0 Å². The lowest BCUT2D eigenvalue weighted by molar-refractivity contribution is -0.124. The van der Waals surface area contributed by atoms with E-state index >= 15 is 0 Å². The topological polar surface area (TPSA) is 38.3 Å². The van der Waals surface area contributed by atoms with Gasteiger partial charge in [-0.3, -0.25) is 4.79 Å². The van der Waals surface area contributed by atoms with E-state index in [0.29, 0.717) is 15.1 Å². The van der Waals surface area contributed by atoms with Crippen LogP contribution in [0.3, 0.4) is 0 Å². The lowest BCUT2D eigenvalue weighted by Gasteiger charge is -2.22. The van der Waals surface area contributed by atoms with Crippen molar-refractivity contribution in [1.82, 2.24) is 5.32 Å².